The molecule has 1 aliphatic heterocycles. The molecule has 1 saturated carbocycles. The fourth-order valence-electron chi connectivity index (χ4n) is 3.33. The molecule has 2 aliphatic rings. The quantitative estimate of drug-likeness (QED) is 0.637. The third-order valence-corrected chi connectivity index (χ3v) is 4.28. The third kappa shape index (κ3) is 2.50. The lowest BCUT2D eigenvalue weighted by molar-refractivity contribution is -0.00899. The van der Waals surface area contributed by atoms with E-state index in [1.165, 1.54) is 12.8 Å². The molecule has 2 unspecified atom stereocenters. The summed E-state index contributed by atoms with van der Waals surface area (Å²) in [5.74, 6) is 1.04. The molecule has 0 amide bonds. The van der Waals surface area contributed by atoms with Gasteiger partial charge in [-0.1, -0.05) is 12.8 Å². The first-order valence-corrected chi connectivity index (χ1v) is 7.36. The molecule has 0 bridgehead atoms. The van der Waals surface area contributed by atoms with Crippen LogP contribution in [0.1, 0.15) is 36.9 Å². The molecule has 5 heteroatoms. The first kappa shape index (κ1) is 13.4. The second-order valence-electron chi connectivity index (χ2n) is 5.72. The van der Waals surface area contributed by atoms with Gasteiger partial charge in [-0.05, 0) is 31.9 Å². The van der Waals surface area contributed by atoms with E-state index in [0.29, 0.717) is 12.1 Å². The number of nitrogens with one attached hydrogen (secondary N) is 1. The summed E-state index contributed by atoms with van der Waals surface area (Å²) in [5.41, 5.74) is 7.29. The molecule has 1 saturated heterocycles. The molecule has 0 radical (unpaired) electrons. The van der Waals surface area contributed by atoms with Gasteiger partial charge in [0.15, 0.2) is 0 Å². The Bertz CT molecular complexity index is 515. The Balaban J connectivity index is 1.92. The molecule has 2 atom stereocenters. The zero-order chi connectivity index (χ0) is 14.1. The van der Waals surface area contributed by atoms with Crippen LogP contribution in [0.2, 0.25) is 0 Å². The van der Waals surface area contributed by atoms with E-state index in [2.05, 4.69) is 9.88 Å². The smallest absolute Gasteiger partial charge is 0.129 e. The summed E-state index contributed by atoms with van der Waals surface area (Å²) in [6, 6.07) is 4.23. The van der Waals surface area contributed by atoms with Crippen LogP contribution in [0.4, 0.5) is 5.82 Å². The van der Waals surface area contributed by atoms with Gasteiger partial charge in [0, 0.05) is 17.8 Å². The van der Waals surface area contributed by atoms with Gasteiger partial charge in [-0.2, -0.15) is 0 Å². The van der Waals surface area contributed by atoms with E-state index in [-0.39, 0.29) is 5.84 Å². The Hall–Kier alpha value is -1.62. The highest BCUT2D eigenvalue weighted by atomic mass is 16.5. The summed E-state index contributed by atoms with van der Waals surface area (Å²) in [4.78, 5) is 7.00. The number of nitrogens with zero attached hydrogens (tertiary/aromatic N) is 2. The zero-order valence-corrected chi connectivity index (χ0v) is 11.9. The fraction of sp³-hybridized carbons (Fsp3) is 0.600. The number of nitrogens with two attached hydrogens (primary N) is 1. The van der Waals surface area contributed by atoms with Crippen molar-refractivity contribution in [1.29, 1.82) is 5.41 Å². The molecule has 2 heterocycles. The molecule has 20 heavy (non-hydrogen) atoms. The Kier molecular flexibility index (Phi) is 3.61. The molecule has 2 fully saturated rings. The number of morpholine rings is 1. The largest absolute Gasteiger partial charge is 0.384 e. The van der Waals surface area contributed by atoms with Gasteiger partial charge in [0.1, 0.15) is 11.7 Å². The number of ether oxygens (including phenoxy) is 1. The maximum atomic E-state index is 7.63. The van der Waals surface area contributed by atoms with Gasteiger partial charge in [0.05, 0.1) is 18.8 Å². The van der Waals surface area contributed by atoms with E-state index in [4.69, 9.17) is 15.9 Å². The predicted octanol–water partition coefficient (Wildman–Crippen LogP) is 1.82. The Morgan fingerprint density at radius 2 is 2.20 bits per heavy atom. The maximum absolute atomic E-state index is 7.63. The number of nitrogen functional groups attached to an aromatic ring is 1. The third-order valence-electron chi connectivity index (χ3n) is 4.28. The van der Waals surface area contributed by atoms with Crippen LogP contribution in [0.25, 0.3) is 0 Å². The van der Waals surface area contributed by atoms with Crippen molar-refractivity contribution in [1.82, 2.24) is 4.98 Å². The van der Waals surface area contributed by atoms with Gasteiger partial charge >= 0.3 is 0 Å². The van der Waals surface area contributed by atoms with Gasteiger partial charge < -0.3 is 15.4 Å². The number of amidine groups is 1. The highest BCUT2D eigenvalue weighted by Crippen LogP contribution is 2.31. The average Bonchev–Trinajstić information content (AvgIpc) is 2.46. The number of anilines is 1. The van der Waals surface area contributed by atoms with Crippen LogP contribution in [0.3, 0.4) is 0 Å². The van der Waals surface area contributed by atoms with Crippen molar-refractivity contribution in [2.75, 3.05) is 18.1 Å². The summed E-state index contributed by atoms with van der Waals surface area (Å²) < 4.78 is 5.91. The average molecular weight is 274 g/mol. The lowest BCUT2D eigenvalue weighted by Crippen LogP contribution is -2.53. The second kappa shape index (κ2) is 5.40. The number of rotatable bonds is 2. The molecule has 3 N–H and O–H groups in total. The lowest BCUT2D eigenvalue weighted by Gasteiger charge is -2.44. The van der Waals surface area contributed by atoms with Crippen molar-refractivity contribution in [2.45, 2.75) is 44.8 Å². The van der Waals surface area contributed by atoms with Gasteiger partial charge in [-0.3, -0.25) is 5.41 Å². The molecule has 108 valence electrons. The summed E-state index contributed by atoms with van der Waals surface area (Å²) in [7, 11) is 0. The van der Waals surface area contributed by atoms with E-state index >= 15 is 0 Å². The highest BCUT2D eigenvalue weighted by Gasteiger charge is 2.35. The standard InChI is InChI=1S/C15H22N4O/c1-10-8-11(15(16)17)9-14(18-10)19-6-7-20-13-5-3-2-4-12(13)19/h8-9,12-13H,2-7H2,1H3,(H3,16,17). The second-order valence-corrected chi connectivity index (χ2v) is 5.72. The number of hydrogen-bond acceptors (Lipinski definition) is 4. The molecule has 3 rings (SSSR count). The molecule has 0 aromatic carbocycles. The first-order valence-electron chi connectivity index (χ1n) is 7.36. The number of fused-ring (bicyclic) bond motifs is 1. The van der Waals surface area contributed by atoms with E-state index < -0.39 is 0 Å². The molecular weight excluding hydrogens is 252 g/mol. The lowest BCUT2D eigenvalue weighted by atomic mass is 9.90. The minimum Gasteiger partial charge on any atom is -0.384 e. The molecule has 1 aromatic heterocycles. The Morgan fingerprint density at radius 1 is 1.40 bits per heavy atom. The van der Waals surface area contributed by atoms with E-state index in [1.54, 1.807) is 0 Å². The molecule has 0 spiro atoms. The minimum atomic E-state index is 0.102. The highest BCUT2D eigenvalue weighted by molar-refractivity contribution is 5.95. The zero-order valence-electron chi connectivity index (χ0n) is 11.9. The predicted molar refractivity (Wildman–Crippen MR) is 79.3 cm³/mol. The van der Waals surface area contributed by atoms with Gasteiger partial charge in [0.25, 0.3) is 0 Å². The number of hydrogen-bond donors (Lipinski definition) is 2. The summed E-state index contributed by atoms with van der Waals surface area (Å²) in [5, 5.41) is 7.63. The SMILES string of the molecule is Cc1cc(C(=N)N)cc(N2CCOC3CCCCC32)n1. The van der Waals surface area contributed by atoms with Crippen LogP contribution >= 0.6 is 0 Å². The van der Waals surface area contributed by atoms with Crippen LogP contribution in [0.5, 0.6) is 0 Å². The van der Waals surface area contributed by atoms with Crippen molar-refractivity contribution in [3.05, 3.63) is 23.4 Å². The summed E-state index contributed by atoms with van der Waals surface area (Å²) in [6.07, 6.45) is 5.16. The van der Waals surface area contributed by atoms with Crippen molar-refractivity contribution < 1.29 is 4.74 Å². The molecule has 1 aromatic rings. The minimum absolute atomic E-state index is 0.102. The van der Waals surface area contributed by atoms with Crippen LogP contribution in [0, 0.1) is 12.3 Å². The number of pyridine rings is 1. The summed E-state index contributed by atoms with van der Waals surface area (Å²) in [6.45, 7) is 3.58. The summed E-state index contributed by atoms with van der Waals surface area (Å²) >= 11 is 0. The fourth-order valence-corrected chi connectivity index (χ4v) is 3.33. The normalized spacial score (nSPS) is 26.1. The van der Waals surface area contributed by atoms with Crippen molar-refractivity contribution in [3.63, 3.8) is 0 Å². The first-order chi connectivity index (χ1) is 9.65. The van der Waals surface area contributed by atoms with Crippen molar-refractivity contribution in [3.8, 4) is 0 Å². The van der Waals surface area contributed by atoms with Crippen LogP contribution in [-0.2, 0) is 4.74 Å². The maximum Gasteiger partial charge on any atom is 0.129 e. The van der Waals surface area contributed by atoms with E-state index in [0.717, 1.165) is 43.1 Å². The molecular formula is C15H22N4O. The molecule has 5 nitrogen and oxygen atoms in total. The van der Waals surface area contributed by atoms with Gasteiger partial charge in [0.2, 0.25) is 0 Å². The van der Waals surface area contributed by atoms with Crippen LogP contribution in [0.15, 0.2) is 12.1 Å². The monoisotopic (exact) mass is 274 g/mol. The van der Waals surface area contributed by atoms with Gasteiger partial charge in [-0.15, -0.1) is 0 Å². The number of aromatic nitrogens is 1. The van der Waals surface area contributed by atoms with Crippen LogP contribution in [-0.4, -0.2) is 36.1 Å². The Morgan fingerprint density at radius 3 is 3.00 bits per heavy atom. The van der Waals surface area contributed by atoms with Gasteiger partial charge in [-0.25, -0.2) is 4.98 Å². The van der Waals surface area contributed by atoms with E-state index in [9.17, 15) is 0 Å². The molecule has 1 aliphatic carbocycles. The topological polar surface area (TPSA) is 75.2 Å². The van der Waals surface area contributed by atoms with Crippen LogP contribution < -0.4 is 10.6 Å². The Labute approximate surface area is 119 Å². The van der Waals surface area contributed by atoms with Crippen molar-refractivity contribution in [2.24, 2.45) is 5.73 Å². The van der Waals surface area contributed by atoms with Crippen molar-refractivity contribution >= 4 is 11.7 Å². The van der Waals surface area contributed by atoms with E-state index in [1.807, 2.05) is 19.1 Å². The number of aryl methyl sites for hydroxylation is 1.